The average molecular weight is 294 g/mol. The molecule has 3 rings (SSSR count). The topological polar surface area (TPSA) is 48.2 Å². The fraction of sp³-hybridized carbons (Fsp3) is 0.222. The number of aryl methyl sites for hydroxylation is 2. The highest BCUT2D eigenvalue weighted by Gasteiger charge is 2.16. The van der Waals surface area contributed by atoms with Gasteiger partial charge < -0.3 is 9.26 Å². The SMILES string of the molecule is Cc1ccc(-c2noc(C(C)Oc3cccc(C)c3)n2)cc1. The van der Waals surface area contributed by atoms with Gasteiger partial charge in [0.1, 0.15) is 5.75 Å². The van der Waals surface area contributed by atoms with Gasteiger partial charge in [-0.2, -0.15) is 4.98 Å². The number of benzene rings is 2. The third kappa shape index (κ3) is 3.17. The zero-order valence-electron chi connectivity index (χ0n) is 12.9. The van der Waals surface area contributed by atoms with Crippen LogP contribution in [-0.2, 0) is 0 Å². The molecule has 2 aromatic carbocycles. The van der Waals surface area contributed by atoms with Crippen LogP contribution in [0.1, 0.15) is 30.0 Å². The van der Waals surface area contributed by atoms with Crippen LogP contribution >= 0.6 is 0 Å². The molecule has 3 aromatic rings. The molecule has 1 aromatic heterocycles. The van der Waals surface area contributed by atoms with Crippen LogP contribution in [0.4, 0.5) is 0 Å². The smallest absolute Gasteiger partial charge is 0.267 e. The van der Waals surface area contributed by atoms with Gasteiger partial charge in [0, 0.05) is 5.56 Å². The summed E-state index contributed by atoms with van der Waals surface area (Å²) in [5, 5.41) is 4.03. The van der Waals surface area contributed by atoms with Crippen molar-refractivity contribution in [2.24, 2.45) is 0 Å². The van der Waals surface area contributed by atoms with Crippen molar-refractivity contribution in [3.63, 3.8) is 0 Å². The third-order valence-electron chi connectivity index (χ3n) is 3.40. The molecule has 0 radical (unpaired) electrons. The van der Waals surface area contributed by atoms with E-state index >= 15 is 0 Å². The Hall–Kier alpha value is -2.62. The highest BCUT2D eigenvalue weighted by Crippen LogP contribution is 2.23. The van der Waals surface area contributed by atoms with E-state index in [0.29, 0.717) is 11.7 Å². The second-order valence-corrected chi connectivity index (χ2v) is 5.40. The first kappa shape index (κ1) is 14.3. The summed E-state index contributed by atoms with van der Waals surface area (Å²) in [6, 6.07) is 15.9. The van der Waals surface area contributed by atoms with Crippen molar-refractivity contribution in [2.75, 3.05) is 0 Å². The van der Waals surface area contributed by atoms with Gasteiger partial charge in [-0.05, 0) is 38.5 Å². The maximum atomic E-state index is 5.85. The third-order valence-corrected chi connectivity index (χ3v) is 3.40. The summed E-state index contributed by atoms with van der Waals surface area (Å²) in [5.41, 5.74) is 3.28. The molecule has 0 fully saturated rings. The summed E-state index contributed by atoms with van der Waals surface area (Å²) >= 11 is 0. The Morgan fingerprint density at radius 1 is 1.00 bits per heavy atom. The first-order chi connectivity index (χ1) is 10.6. The molecule has 0 N–H and O–H groups in total. The number of aromatic nitrogens is 2. The average Bonchev–Trinajstić information content (AvgIpc) is 2.98. The van der Waals surface area contributed by atoms with Gasteiger partial charge in [-0.15, -0.1) is 0 Å². The van der Waals surface area contributed by atoms with E-state index in [-0.39, 0.29) is 6.10 Å². The molecule has 0 aliphatic heterocycles. The van der Waals surface area contributed by atoms with E-state index in [1.54, 1.807) is 0 Å². The molecule has 0 amide bonds. The van der Waals surface area contributed by atoms with Crippen LogP contribution < -0.4 is 4.74 Å². The summed E-state index contributed by atoms with van der Waals surface area (Å²) in [4.78, 5) is 4.43. The summed E-state index contributed by atoms with van der Waals surface area (Å²) in [5.74, 6) is 1.84. The molecular formula is C18H18N2O2. The molecule has 0 saturated heterocycles. The molecule has 22 heavy (non-hydrogen) atoms. The van der Waals surface area contributed by atoms with Crippen LogP contribution in [0.15, 0.2) is 53.1 Å². The number of nitrogens with zero attached hydrogens (tertiary/aromatic N) is 2. The van der Waals surface area contributed by atoms with Gasteiger partial charge in [0.25, 0.3) is 5.89 Å². The van der Waals surface area contributed by atoms with E-state index in [9.17, 15) is 0 Å². The zero-order chi connectivity index (χ0) is 15.5. The van der Waals surface area contributed by atoms with Crippen molar-refractivity contribution < 1.29 is 9.26 Å². The minimum atomic E-state index is -0.298. The molecule has 1 atom stereocenters. The molecular weight excluding hydrogens is 276 g/mol. The highest BCUT2D eigenvalue weighted by molar-refractivity contribution is 5.54. The first-order valence-corrected chi connectivity index (χ1v) is 7.26. The Kier molecular flexibility index (Phi) is 3.92. The summed E-state index contributed by atoms with van der Waals surface area (Å²) in [7, 11) is 0. The summed E-state index contributed by atoms with van der Waals surface area (Å²) in [6.07, 6.45) is -0.298. The van der Waals surface area contributed by atoms with E-state index in [4.69, 9.17) is 9.26 Å². The van der Waals surface area contributed by atoms with Gasteiger partial charge in [-0.1, -0.05) is 47.1 Å². The lowest BCUT2D eigenvalue weighted by atomic mass is 10.1. The molecule has 1 heterocycles. The van der Waals surface area contributed by atoms with Gasteiger partial charge >= 0.3 is 0 Å². The van der Waals surface area contributed by atoms with Gasteiger partial charge in [0.2, 0.25) is 5.82 Å². The number of hydrogen-bond acceptors (Lipinski definition) is 4. The highest BCUT2D eigenvalue weighted by atomic mass is 16.5. The molecule has 1 unspecified atom stereocenters. The molecule has 0 bridgehead atoms. The van der Waals surface area contributed by atoms with Gasteiger partial charge in [-0.3, -0.25) is 0 Å². The first-order valence-electron chi connectivity index (χ1n) is 7.26. The predicted molar refractivity (Wildman–Crippen MR) is 84.7 cm³/mol. The van der Waals surface area contributed by atoms with E-state index in [1.165, 1.54) is 5.56 Å². The molecule has 0 spiro atoms. The standard InChI is InChI=1S/C18H18N2O2/c1-12-7-9-15(10-8-12)17-19-18(22-20-17)14(3)21-16-6-4-5-13(2)11-16/h4-11,14H,1-3H3. The van der Waals surface area contributed by atoms with Crippen LogP contribution in [0.25, 0.3) is 11.4 Å². The van der Waals surface area contributed by atoms with E-state index in [0.717, 1.165) is 16.9 Å². The predicted octanol–water partition coefficient (Wildman–Crippen LogP) is 4.49. The lowest BCUT2D eigenvalue weighted by Gasteiger charge is -2.10. The quantitative estimate of drug-likeness (QED) is 0.711. The molecule has 0 saturated carbocycles. The van der Waals surface area contributed by atoms with Gasteiger partial charge in [0.15, 0.2) is 6.10 Å². The summed E-state index contributed by atoms with van der Waals surface area (Å²) in [6.45, 7) is 5.97. The fourth-order valence-electron chi connectivity index (χ4n) is 2.16. The largest absolute Gasteiger partial charge is 0.481 e. The number of ether oxygens (including phenoxy) is 1. The number of rotatable bonds is 4. The van der Waals surface area contributed by atoms with Crippen LogP contribution in [0, 0.1) is 13.8 Å². The molecule has 0 aliphatic rings. The number of hydrogen-bond donors (Lipinski definition) is 0. The van der Waals surface area contributed by atoms with Crippen molar-refractivity contribution in [3.8, 4) is 17.1 Å². The minimum Gasteiger partial charge on any atom is -0.481 e. The van der Waals surface area contributed by atoms with Crippen LogP contribution in [0.5, 0.6) is 5.75 Å². The van der Waals surface area contributed by atoms with Gasteiger partial charge in [0.05, 0.1) is 0 Å². The Labute approximate surface area is 129 Å². The van der Waals surface area contributed by atoms with Crippen molar-refractivity contribution in [2.45, 2.75) is 26.9 Å². The van der Waals surface area contributed by atoms with Gasteiger partial charge in [-0.25, -0.2) is 0 Å². The summed E-state index contributed by atoms with van der Waals surface area (Å²) < 4.78 is 11.2. The Morgan fingerprint density at radius 2 is 1.77 bits per heavy atom. The fourth-order valence-corrected chi connectivity index (χ4v) is 2.16. The second-order valence-electron chi connectivity index (χ2n) is 5.40. The molecule has 0 aliphatic carbocycles. The van der Waals surface area contributed by atoms with Crippen LogP contribution in [0.3, 0.4) is 0 Å². The van der Waals surface area contributed by atoms with Crippen molar-refractivity contribution in [3.05, 3.63) is 65.5 Å². The maximum absolute atomic E-state index is 5.85. The van der Waals surface area contributed by atoms with E-state index in [2.05, 4.69) is 10.1 Å². The van der Waals surface area contributed by atoms with Crippen molar-refractivity contribution >= 4 is 0 Å². The van der Waals surface area contributed by atoms with E-state index in [1.807, 2.05) is 69.3 Å². The van der Waals surface area contributed by atoms with Crippen molar-refractivity contribution in [1.29, 1.82) is 0 Å². The van der Waals surface area contributed by atoms with Crippen molar-refractivity contribution in [1.82, 2.24) is 10.1 Å². The van der Waals surface area contributed by atoms with Crippen LogP contribution in [0.2, 0.25) is 0 Å². The lowest BCUT2D eigenvalue weighted by molar-refractivity contribution is 0.175. The van der Waals surface area contributed by atoms with E-state index < -0.39 is 0 Å². The normalized spacial score (nSPS) is 12.1. The molecule has 4 heteroatoms. The Balaban J connectivity index is 1.76. The monoisotopic (exact) mass is 294 g/mol. The minimum absolute atomic E-state index is 0.298. The second kappa shape index (κ2) is 6.02. The Bertz CT molecular complexity index is 763. The molecule has 4 nitrogen and oxygen atoms in total. The molecule has 112 valence electrons. The Morgan fingerprint density at radius 3 is 2.50 bits per heavy atom. The maximum Gasteiger partial charge on any atom is 0.267 e. The lowest BCUT2D eigenvalue weighted by Crippen LogP contribution is -2.03. The zero-order valence-corrected chi connectivity index (χ0v) is 12.9. The van der Waals surface area contributed by atoms with Crippen LogP contribution in [-0.4, -0.2) is 10.1 Å².